The molecule has 7 heteroatoms. The fraction of sp³-hybridized carbons (Fsp3) is 0.833. The third-order valence-corrected chi connectivity index (χ3v) is 2.08. The summed E-state index contributed by atoms with van der Waals surface area (Å²) < 4.78 is 9.69. The lowest BCUT2D eigenvalue weighted by Gasteiger charge is -2.21. The van der Waals surface area contributed by atoms with Crippen molar-refractivity contribution in [2.45, 2.75) is 51.9 Å². The van der Waals surface area contributed by atoms with Crippen LogP contribution in [0.1, 0.15) is 34.1 Å². The predicted molar refractivity (Wildman–Crippen MR) is 69.5 cm³/mol. The number of nitrogens with two attached hydrogens (primary N) is 1. The SMILES string of the molecule is CCOC(=O)[C@H](N)[C@H](O)CCNC(=O)OC(C)(C)C. The average molecular weight is 276 g/mol. The number of rotatable bonds is 6. The van der Waals surface area contributed by atoms with Gasteiger partial charge in [0.1, 0.15) is 11.6 Å². The summed E-state index contributed by atoms with van der Waals surface area (Å²) in [6, 6.07) is -1.11. The van der Waals surface area contributed by atoms with E-state index in [2.05, 4.69) is 10.1 Å². The smallest absolute Gasteiger partial charge is 0.407 e. The molecule has 0 aliphatic heterocycles. The van der Waals surface area contributed by atoms with Gasteiger partial charge in [0.2, 0.25) is 0 Å². The van der Waals surface area contributed by atoms with Crippen LogP contribution in [-0.4, -0.2) is 48.1 Å². The van der Waals surface area contributed by atoms with Gasteiger partial charge in [-0.2, -0.15) is 0 Å². The largest absolute Gasteiger partial charge is 0.465 e. The summed E-state index contributed by atoms with van der Waals surface area (Å²) in [5.74, 6) is -0.660. The highest BCUT2D eigenvalue weighted by atomic mass is 16.6. The van der Waals surface area contributed by atoms with E-state index in [9.17, 15) is 14.7 Å². The second-order valence-electron chi connectivity index (χ2n) is 5.06. The molecule has 19 heavy (non-hydrogen) atoms. The van der Waals surface area contributed by atoms with Gasteiger partial charge in [-0.05, 0) is 34.1 Å². The van der Waals surface area contributed by atoms with Gasteiger partial charge in [0, 0.05) is 6.54 Å². The lowest BCUT2D eigenvalue weighted by Crippen LogP contribution is -2.44. The Morgan fingerprint density at radius 3 is 2.42 bits per heavy atom. The van der Waals surface area contributed by atoms with Crippen molar-refractivity contribution in [3.63, 3.8) is 0 Å². The summed E-state index contributed by atoms with van der Waals surface area (Å²) in [4.78, 5) is 22.6. The molecule has 0 rings (SSSR count). The maximum absolute atomic E-state index is 11.3. The van der Waals surface area contributed by atoms with E-state index < -0.39 is 29.8 Å². The average Bonchev–Trinajstić information content (AvgIpc) is 2.25. The highest BCUT2D eigenvalue weighted by molar-refractivity contribution is 5.76. The zero-order valence-electron chi connectivity index (χ0n) is 11.9. The number of carbonyl (C=O) groups excluding carboxylic acids is 2. The third kappa shape index (κ3) is 8.39. The van der Waals surface area contributed by atoms with E-state index in [1.165, 1.54) is 0 Å². The first-order valence-electron chi connectivity index (χ1n) is 6.24. The molecule has 0 fully saturated rings. The monoisotopic (exact) mass is 276 g/mol. The van der Waals surface area contributed by atoms with Crippen molar-refractivity contribution in [3.05, 3.63) is 0 Å². The van der Waals surface area contributed by atoms with E-state index in [-0.39, 0.29) is 19.6 Å². The molecule has 0 bridgehead atoms. The molecular formula is C12H24N2O5. The van der Waals surface area contributed by atoms with Crippen LogP contribution in [0, 0.1) is 0 Å². The van der Waals surface area contributed by atoms with Gasteiger partial charge in [0.15, 0.2) is 0 Å². The molecule has 1 amide bonds. The molecular weight excluding hydrogens is 252 g/mol. The molecule has 0 aromatic rings. The van der Waals surface area contributed by atoms with Crippen molar-refractivity contribution in [1.82, 2.24) is 5.32 Å². The van der Waals surface area contributed by atoms with Gasteiger partial charge in [0.25, 0.3) is 0 Å². The van der Waals surface area contributed by atoms with Gasteiger partial charge >= 0.3 is 12.1 Å². The fourth-order valence-corrected chi connectivity index (χ4v) is 1.21. The second-order valence-corrected chi connectivity index (χ2v) is 5.06. The first kappa shape index (κ1) is 17.7. The molecule has 0 aromatic heterocycles. The Balaban J connectivity index is 3.94. The van der Waals surface area contributed by atoms with Gasteiger partial charge in [-0.25, -0.2) is 4.79 Å². The molecule has 0 aliphatic rings. The maximum Gasteiger partial charge on any atom is 0.407 e. The molecule has 4 N–H and O–H groups in total. The van der Waals surface area contributed by atoms with Crippen molar-refractivity contribution in [2.75, 3.05) is 13.2 Å². The normalized spacial score (nSPS) is 14.4. The highest BCUT2D eigenvalue weighted by Crippen LogP contribution is 2.06. The fourth-order valence-electron chi connectivity index (χ4n) is 1.21. The number of amides is 1. The Hall–Kier alpha value is -1.34. The number of carbonyl (C=O) groups is 2. The Kier molecular flexibility index (Phi) is 7.40. The van der Waals surface area contributed by atoms with Crippen molar-refractivity contribution < 1.29 is 24.2 Å². The summed E-state index contributed by atoms with van der Waals surface area (Å²) in [7, 11) is 0. The van der Waals surface area contributed by atoms with Crippen LogP contribution in [-0.2, 0) is 14.3 Å². The Labute approximate surface area is 113 Å². The van der Waals surface area contributed by atoms with Crippen molar-refractivity contribution >= 4 is 12.1 Å². The Bertz CT molecular complexity index is 301. The van der Waals surface area contributed by atoms with Crippen molar-refractivity contribution in [1.29, 1.82) is 0 Å². The number of aliphatic hydroxyl groups excluding tert-OH is 1. The zero-order valence-corrected chi connectivity index (χ0v) is 11.9. The summed E-state index contributed by atoms with van der Waals surface area (Å²) >= 11 is 0. The Morgan fingerprint density at radius 2 is 1.95 bits per heavy atom. The van der Waals surface area contributed by atoms with E-state index in [0.29, 0.717) is 0 Å². The van der Waals surface area contributed by atoms with E-state index in [1.807, 2.05) is 0 Å². The van der Waals surface area contributed by atoms with Crippen LogP contribution in [0.3, 0.4) is 0 Å². The Morgan fingerprint density at radius 1 is 1.37 bits per heavy atom. The van der Waals surface area contributed by atoms with Gasteiger partial charge < -0.3 is 25.6 Å². The van der Waals surface area contributed by atoms with Gasteiger partial charge in [-0.3, -0.25) is 4.79 Å². The molecule has 112 valence electrons. The van der Waals surface area contributed by atoms with Gasteiger partial charge in [0.05, 0.1) is 12.7 Å². The number of alkyl carbamates (subject to hydrolysis) is 1. The highest BCUT2D eigenvalue weighted by Gasteiger charge is 2.24. The molecule has 0 heterocycles. The van der Waals surface area contributed by atoms with E-state index in [4.69, 9.17) is 10.5 Å². The second kappa shape index (κ2) is 7.96. The molecule has 0 spiro atoms. The summed E-state index contributed by atoms with van der Waals surface area (Å²) in [5, 5.41) is 12.1. The number of hydrogen-bond acceptors (Lipinski definition) is 6. The molecule has 0 aliphatic carbocycles. The third-order valence-electron chi connectivity index (χ3n) is 2.08. The predicted octanol–water partition coefficient (Wildman–Crippen LogP) is 0.152. The molecule has 7 nitrogen and oxygen atoms in total. The van der Waals surface area contributed by atoms with Gasteiger partial charge in [-0.1, -0.05) is 0 Å². The van der Waals surface area contributed by atoms with Gasteiger partial charge in [-0.15, -0.1) is 0 Å². The van der Waals surface area contributed by atoms with Crippen LogP contribution in [0.15, 0.2) is 0 Å². The van der Waals surface area contributed by atoms with Crippen molar-refractivity contribution in [2.24, 2.45) is 5.73 Å². The van der Waals surface area contributed by atoms with E-state index in [0.717, 1.165) is 0 Å². The molecule has 0 radical (unpaired) electrons. The number of hydrogen-bond donors (Lipinski definition) is 3. The molecule has 0 unspecified atom stereocenters. The number of aliphatic hydroxyl groups is 1. The lowest BCUT2D eigenvalue weighted by atomic mass is 10.1. The summed E-state index contributed by atoms with van der Waals surface area (Å²) in [6.07, 6.45) is -1.52. The first-order valence-corrected chi connectivity index (χ1v) is 6.24. The summed E-state index contributed by atoms with van der Waals surface area (Å²) in [5.41, 5.74) is 4.92. The van der Waals surface area contributed by atoms with Crippen LogP contribution >= 0.6 is 0 Å². The molecule has 0 aromatic carbocycles. The zero-order chi connectivity index (χ0) is 15.1. The maximum atomic E-state index is 11.3. The summed E-state index contributed by atoms with van der Waals surface area (Å²) in [6.45, 7) is 7.26. The quantitative estimate of drug-likeness (QED) is 0.596. The number of nitrogens with one attached hydrogen (secondary N) is 1. The standard InChI is InChI=1S/C12H24N2O5/c1-5-18-10(16)9(13)8(15)6-7-14-11(17)19-12(2,3)4/h8-9,15H,5-7,13H2,1-4H3,(H,14,17)/t8-,9-/m1/s1. The van der Waals surface area contributed by atoms with Crippen LogP contribution in [0.5, 0.6) is 0 Å². The molecule has 0 saturated heterocycles. The van der Waals surface area contributed by atoms with E-state index >= 15 is 0 Å². The number of ether oxygens (including phenoxy) is 2. The minimum atomic E-state index is -1.11. The number of esters is 1. The minimum absolute atomic E-state index is 0.138. The topological polar surface area (TPSA) is 111 Å². The lowest BCUT2D eigenvalue weighted by molar-refractivity contribution is -0.147. The van der Waals surface area contributed by atoms with Crippen LogP contribution in [0.4, 0.5) is 4.79 Å². The van der Waals surface area contributed by atoms with E-state index in [1.54, 1.807) is 27.7 Å². The minimum Gasteiger partial charge on any atom is -0.465 e. The van der Waals surface area contributed by atoms with Crippen LogP contribution in [0.25, 0.3) is 0 Å². The first-order chi connectivity index (χ1) is 8.67. The van der Waals surface area contributed by atoms with Crippen LogP contribution in [0.2, 0.25) is 0 Å². The molecule has 0 saturated carbocycles. The van der Waals surface area contributed by atoms with Crippen LogP contribution < -0.4 is 11.1 Å². The van der Waals surface area contributed by atoms with Crippen molar-refractivity contribution in [3.8, 4) is 0 Å². The molecule has 2 atom stereocenters.